The Hall–Kier alpha value is -0.910. The molecule has 21 heavy (non-hydrogen) atoms. The number of nitrogens with two attached hydrogens (primary N) is 1. The molecule has 1 fully saturated rings. The van der Waals surface area contributed by atoms with Crippen LogP contribution in [0.1, 0.15) is 24.8 Å². The molecule has 0 unspecified atom stereocenters. The van der Waals surface area contributed by atoms with Crippen molar-refractivity contribution in [1.82, 2.24) is 4.90 Å². The Labute approximate surface area is 135 Å². The number of halogens is 1. The monoisotopic (exact) mass is 353 g/mol. The van der Waals surface area contributed by atoms with Crippen molar-refractivity contribution in [3.8, 4) is 0 Å². The smallest absolute Gasteiger partial charge is 0.238 e. The highest BCUT2D eigenvalue weighted by molar-refractivity contribution is 9.10. The standard InChI is InChI=1S/C16H24BrN3O/c1-12-10-14(17)2-3-15(12)19-16(21)11-20-8-5-13(4-7-18)6-9-20/h2-3,10,13H,4-9,11,18H2,1H3,(H,19,21). The Morgan fingerprint density at radius 2 is 2.14 bits per heavy atom. The van der Waals surface area contributed by atoms with Crippen LogP contribution in [-0.2, 0) is 4.79 Å². The van der Waals surface area contributed by atoms with E-state index in [1.54, 1.807) is 0 Å². The highest BCUT2D eigenvalue weighted by Crippen LogP contribution is 2.21. The Morgan fingerprint density at radius 3 is 2.76 bits per heavy atom. The van der Waals surface area contributed by atoms with Gasteiger partial charge in [-0.15, -0.1) is 0 Å². The minimum atomic E-state index is 0.0673. The van der Waals surface area contributed by atoms with Gasteiger partial charge in [0.25, 0.3) is 0 Å². The first-order chi connectivity index (χ1) is 10.1. The zero-order valence-corrected chi connectivity index (χ0v) is 14.2. The lowest BCUT2D eigenvalue weighted by Gasteiger charge is -2.31. The number of likely N-dealkylation sites (tertiary alicyclic amines) is 1. The fourth-order valence-corrected chi connectivity index (χ4v) is 3.30. The maximum Gasteiger partial charge on any atom is 0.238 e. The van der Waals surface area contributed by atoms with Gasteiger partial charge in [-0.25, -0.2) is 0 Å². The van der Waals surface area contributed by atoms with Crippen molar-refractivity contribution in [3.05, 3.63) is 28.2 Å². The predicted molar refractivity (Wildman–Crippen MR) is 90.3 cm³/mol. The van der Waals surface area contributed by atoms with Gasteiger partial charge in [-0.05, 0) is 75.5 Å². The molecule has 1 aliphatic rings. The lowest BCUT2D eigenvalue weighted by molar-refractivity contribution is -0.117. The van der Waals surface area contributed by atoms with Crippen LogP contribution >= 0.6 is 15.9 Å². The van der Waals surface area contributed by atoms with Gasteiger partial charge in [0.05, 0.1) is 6.54 Å². The number of nitrogens with zero attached hydrogens (tertiary/aromatic N) is 1. The van der Waals surface area contributed by atoms with E-state index in [1.165, 1.54) is 0 Å². The van der Waals surface area contributed by atoms with E-state index in [4.69, 9.17) is 5.73 Å². The van der Waals surface area contributed by atoms with Crippen LogP contribution in [0.2, 0.25) is 0 Å². The van der Waals surface area contributed by atoms with Crippen LogP contribution in [0, 0.1) is 12.8 Å². The van der Waals surface area contributed by atoms with Crippen molar-refractivity contribution in [1.29, 1.82) is 0 Å². The summed E-state index contributed by atoms with van der Waals surface area (Å²) in [5.74, 6) is 0.806. The van der Waals surface area contributed by atoms with Gasteiger partial charge < -0.3 is 11.1 Å². The lowest BCUT2D eigenvalue weighted by atomic mass is 9.94. The summed E-state index contributed by atoms with van der Waals surface area (Å²) in [7, 11) is 0. The van der Waals surface area contributed by atoms with Crippen LogP contribution in [0.15, 0.2) is 22.7 Å². The molecular weight excluding hydrogens is 330 g/mol. The molecule has 1 aliphatic heterocycles. The highest BCUT2D eigenvalue weighted by atomic mass is 79.9. The van der Waals surface area contributed by atoms with Crippen LogP contribution in [0.5, 0.6) is 0 Å². The number of hydrogen-bond donors (Lipinski definition) is 2. The SMILES string of the molecule is Cc1cc(Br)ccc1NC(=O)CN1CCC(CCN)CC1. The number of hydrogen-bond acceptors (Lipinski definition) is 3. The summed E-state index contributed by atoms with van der Waals surface area (Å²) < 4.78 is 1.03. The van der Waals surface area contributed by atoms with Crippen molar-refractivity contribution >= 4 is 27.5 Å². The number of amides is 1. The molecule has 1 saturated heterocycles. The van der Waals surface area contributed by atoms with Gasteiger partial charge in [0.15, 0.2) is 0 Å². The van der Waals surface area contributed by atoms with Crippen molar-refractivity contribution in [2.24, 2.45) is 11.7 Å². The number of aryl methyl sites for hydroxylation is 1. The number of anilines is 1. The van der Waals surface area contributed by atoms with E-state index in [0.717, 1.165) is 60.5 Å². The van der Waals surface area contributed by atoms with E-state index in [0.29, 0.717) is 6.54 Å². The number of benzene rings is 1. The maximum atomic E-state index is 12.1. The molecule has 4 nitrogen and oxygen atoms in total. The van der Waals surface area contributed by atoms with Crippen molar-refractivity contribution < 1.29 is 4.79 Å². The minimum absolute atomic E-state index is 0.0673. The summed E-state index contributed by atoms with van der Waals surface area (Å²) in [5.41, 5.74) is 7.56. The van der Waals surface area contributed by atoms with Gasteiger partial charge >= 0.3 is 0 Å². The second kappa shape index (κ2) is 7.92. The third-order valence-corrected chi connectivity index (χ3v) is 4.61. The van der Waals surface area contributed by atoms with Crippen molar-refractivity contribution in [3.63, 3.8) is 0 Å². The van der Waals surface area contributed by atoms with Gasteiger partial charge in [0.2, 0.25) is 5.91 Å². The van der Waals surface area contributed by atoms with E-state index in [1.807, 2.05) is 25.1 Å². The Kier molecular flexibility index (Phi) is 6.21. The molecule has 0 aliphatic carbocycles. The summed E-state index contributed by atoms with van der Waals surface area (Å²) in [6, 6.07) is 5.89. The van der Waals surface area contributed by atoms with Crippen LogP contribution in [-0.4, -0.2) is 37.0 Å². The number of nitrogens with one attached hydrogen (secondary N) is 1. The zero-order valence-electron chi connectivity index (χ0n) is 12.6. The predicted octanol–water partition coefficient (Wildman–Crippen LogP) is 2.76. The van der Waals surface area contributed by atoms with E-state index in [-0.39, 0.29) is 5.91 Å². The molecular formula is C16H24BrN3O. The number of carbonyl (C=O) groups excluding carboxylic acids is 1. The lowest BCUT2D eigenvalue weighted by Crippen LogP contribution is -2.39. The summed E-state index contributed by atoms with van der Waals surface area (Å²) in [5, 5.41) is 3.00. The minimum Gasteiger partial charge on any atom is -0.330 e. The fourth-order valence-electron chi connectivity index (χ4n) is 2.83. The molecule has 3 N–H and O–H groups in total. The van der Waals surface area contributed by atoms with Crippen molar-refractivity contribution in [2.75, 3.05) is 31.5 Å². The Morgan fingerprint density at radius 1 is 1.43 bits per heavy atom. The quantitative estimate of drug-likeness (QED) is 0.855. The molecule has 0 atom stereocenters. The molecule has 1 aromatic carbocycles. The van der Waals surface area contributed by atoms with Gasteiger partial charge in [-0.3, -0.25) is 9.69 Å². The van der Waals surface area contributed by atoms with E-state index >= 15 is 0 Å². The molecule has 0 saturated carbocycles. The van der Waals surface area contributed by atoms with Gasteiger partial charge in [-0.1, -0.05) is 15.9 Å². The van der Waals surface area contributed by atoms with Crippen LogP contribution in [0.3, 0.4) is 0 Å². The molecule has 1 heterocycles. The molecule has 0 radical (unpaired) electrons. The summed E-state index contributed by atoms with van der Waals surface area (Å²) in [6.45, 7) is 5.24. The fraction of sp³-hybridized carbons (Fsp3) is 0.562. The van der Waals surface area contributed by atoms with E-state index in [2.05, 4.69) is 26.1 Å². The zero-order chi connectivity index (χ0) is 15.2. The topological polar surface area (TPSA) is 58.4 Å². The van der Waals surface area contributed by atoms with Crippen LogP contribution in [0.4, 0.5) is 5.69 Å². The van der Waals surface area contributed by atoms with Crippen LogP contribution < -0.4 is 11.1 Å². The number of rotatable bonds is 5. The molecule has 1 amide bonds. The van der Waals surface area contributed by atoms with Crippen molar-refractivity contribution in [2.45, 2.75) is 26.2 Å². The molecule has 116 valence electrons. The first-order valence-corrected chi connectivity index (χ1v) is 8.36. The Balaban J connectivity index is 1.80. The number of carbonyl (C=O) groups is 1. The normalized spacial score (nSPS) is 16.9. The van der Waals surface area contributed by atoms with Gasteiger partial charge in [-0.2, -0.15) is 0 Å². The molecule has 5 heteroatoms. The Bertz CT molecular complexity index is 484. The second-order valence-electron chi connectivity index (χ2n) is 5.80. The van der Waals surface area contributed by atoms with E-state index < -0.39 is 0 Å². The first kappa shape index (κ1) is 16.5. The largest absolute Gasteiger partial charge is 0.330 e. The third-order valence-electron chi connectivity index (χ3n) is 4.11. The average molecular weight is 354 g/mol. The highest BCUT2D eigenvalue weighted by Gasteiger charge is 2.20. The number of piperidine rings is 1. The summed E-state index contributed by atoms with van der Waals surface area (Å²) in [4.78, 5) is 14.4. The average Bonchev–Trinajstić information content (AvgIpc) is 2.44. The first-order valence-electron chi connectivity index (χ1n) is 7.57. The molecule has 1 aromatic rings. The summed E-state index contributed by atoms with van der Waals surface area (Å²) >= 11 is 3.43. The molecule has 0 bridgehead atoms. The van der Waals surface area contributed by atoms with Gasteiger partial charge in [0.1, 0.15) is 0 Å². The maximum absolute atomic E-state index is 12.1. The van der Waals surface area contributed by atoms with E-state index in [9.17, 15) is 4.79 Å². The summed E-state index contributed by atoms with van der Waals surface area (Å²) in [6.07, 6.45) is 3.42. The second-order valence-corrected chi connectivity index (χ2v) is 6.72. The molecule has 0 spiro atoms. The van der Waals surface area contributed by atoms with Crippen LogP contribution in [0.25, 0.3) is 0 Å². The molecule has 2 rings (SSSR count). The third kappa shape index (κ3) is 5.09. The molecule has 0 aromatic heterocycles. The van der Waals surface area contributed by atoms with Gasteiger partial charge in [0, 0.05) is 10.2 Å².